The number of primary amides is 1. The molecule has 1 aromatic heterocycles. The number of morpholine rings is 1. The zero-order valence-corrected chi connectivity index (χ0v) is 20.5. The van der Waals surface area contributed by atoms with Crippen molar-refractivity contribution in [2.45, 2.75) is 18.2 Å². The van der Waals surface area contributed by atoms with Crippen molar-refractivity contribution < 1.29 is 28.2 Å². The summed E-state index contributed by atoms with van der Waals surface area (Å²) in [7, 11) is -4.14. The molecule has 4 rings (SSSR count). The monoisotopic (exact) mass is 516 g/mol. The molecule has 0 atom stereocenters. The fraction of sp³-hybridized carbons (Fsp3) is 0.348. The number of hydrogen-bond acceptors (Lipinski definition) is 9. The van der Waals surface area contributed by atoms with E-state index in [0.717, 1.165) is 30.8 Å². The first-order valence-corrected chi connectivity index (χ1v) is 12.8. The largest absolute Gasteiger partial charge is 0.507 e. The highest BCUT2D eigenvalue weighted by Gasteiger charge is 2.26. The van der Waals surface area contributed by atoms with Gasteiger partial charge in [0.05, 0.1) is 18.8 Å². The summed E-state index contributed by atoms with van der Waals surface area (Å²) in [6.45, 7) is 5.65. The molecule has 0 saturated carbocycles. The Morgan fingerprint density at radius 1 is 1.11 bits per heavy atom. The van der Waals surface area contributed by atoms with E-state index >= 15 is 0 Å². The standard InChI is InChI=1S/C23H28N6O6S/c1-15-3-5-16(6-4-15)29-22(26-27-23(29)21(24)32)17-13-20(19(31)14-18(17)30)36(33,34)25-7-2-8-28-9-11-35-12-10-28/h3-6,13-14,25,30-31H,2,7-12H2,1H3,(H2,24,32). The molecule has 1 fully saturated rings. The van der Waals surface area contributed by atoms with Crippen LogP contribution in [0.3, 0.4) is 0 Å². The Balaban J connectivity index is 1.64. The Morgan fingerprint density at radius 3 is 2.47 bits per heavy atom. The molecule has 2 heterocycles. The summed E-state index contributed by atoms with van der Waals surface area (Å²) in [5, 5.41) is 28.7. The number of aryl methyl sites for hydroxylation is 1. The van der Waals surface area contributed by atoms with Gasteiger partial charge in [-0.3, -0.25) is 14.3 Å². The van der Waals surface area contributed by atoms with Crippen LogP contribution in [0.5, 0.6) is 11.5 Å². The summed E-state index contributed by atoms with van der Waals surface area (Å²) < 4.78 is 35.1. The van der Waals surface area contributed by atoms with Gasteiger partial charge in [0.1, 0.15) is 16.4 Å². The van der Waals surface area contributed by atoms with Gasteiger partial charge in [-0.2, -0.15) is 0 Å². The highest BCUT2D eigenvalue weighted by molar-refractivity contribution is 7.89. The number of aromatic nitrogens is 3. The number of phenols is 2. The van der Waals surface area contributed by atoms with E-state index in [1.165, 1.54) is 4.57 Å². The molecule has 0 spiro atoms. The normalized spacial score (nSPS) is 14.7. The Bertz CT molecular complexity index is 1350. The van der Waals surface area contributed by atoms with Crippen LogP contribution < -0.4 is 10.5 Å². The van der Waals surface area contributed by atoms with Gasteiger partial charge in [-0.25, -0.2) is 13.1 Å². The zero-order valence-electron chi connectivity index (χ0n) is 19.7. The summed E-state index contributed by atoms with van der Waals surface area (Å²) in [6.07, 6.45) is 0.564. The summed E-state index contributed by atoms with van der Waals surface area (Å²) in [6, 6.07) is 9.03. The van der Waals surface area contributed by atoms with Crippen LogP contribution in [0.15, 0.2) is 41.3 Å². The summed E-state index contributed by atoms with van der Waals surface area (Å²) >= 11 is 0. The Kier molecular flexibility index (Phi) is 7.54. The molecule has 0 bridgehead atoms. The SMILES string of the molecule is Cc1ccc(-n2c(C(N)=O)nnc2-c2cc(S(=O)(=O)NCCCN3CCOCC3)c(O)cc2O)cc1. The second-order valence-electron chi connectivity index (χ2n) is 8.42. The molecule has 36 heavy (non-hydrogen) atoms. The number of nitrogens with zero attached hydrogens (tertiary/aromatic N) is 4. The zero-order chi connectivity index (χ0) is 25.9. The number of nitrogens with two attached hydrogens (primary N) is 1. The van der Waals surface area contributed by atoms with Crippen LogP contribution in [0.4, 0.5) is 0 Å². The van der Waals surface area contributed by atoms with Crippen LogP contribution in [0.1, 0.15) is 22.6 Å². The highest BCUT2D eigenvalue weighted by Crippen LogP contribution is 2.37. The molecule has 192 valence electrons. The molecule has 1 amide bonds. The molecule has 12 nitrogen and oxygen atoms in total. The van der Waals surface area contributed by atoms with E-state index < -0.39 is 32.3 Å². The molecule has 3 aromatic rings. The molecule has 1 aliphatic rings. The van der Waals surface area contributed by atoms with E-state index in [1.807, 2.05) is 6.92 Å². The van der Waals surface area contributed by atoms with Crippen LogP contribution in [-0.4, -0.2) is 83.6 Å². The van der Waals surface area contributed by atoms with Gasteiger partial charge < -0.3 is 20.7 Å². The fourth-order valence-corrected chi connectivity index (χ4v) is 5.10. The molecule has 2 aromatic carbocycles. The van der Waals surface area contributed by atoms with Crippen LogP contribution in [0.2, 0.25) is 0 Å². The lowest BCUT2D eigenvalue weighted by atomic mass is 10.1. The quantitative estimate of drug-likeness (QED) is 0.299. The maximum Gasteiger partial charge on any atom is 0.287 e. The number of carbonyl (C=O) groups excluding carboxylic acids is 1. The maximum absolute atomic E-state index is 13.0. The number of nitrogens with one attached hydrogen (secondary N) is 1. The van der Waals surface area contributed by atoms with E-state index in [2.05, 4.69) is 19.8 Å². The second-order valence-corrected chi connectivity index (χ2v) is 10.2. The Hall–Kier alpha value is -3.52. The molecule has 0 aliphatic carbocycles. The summed E-state index contributed by atoms with van der Waals surface area (Å²) in [4.78, 5) is 13.8. The first-order chi connectivity index (χ1) is 17.2. The predicted molar refractivity (Wildman–Crippen MR) is 130 cm³/mol. The number of amides is 1. The van der Waals surface area contributed by atoms with Crippen molar-refractivity contribution in [1.82, 2.24) is 24.4 Å². The minimum absolute atomic E-state index is 0.0195. The lowest BCUT2D eigenvalue weighted by Gasteiger charge is -2.26. The van der Waals surface area contributed by atoms with Gasteiger partial charge in [0.2, 0.25) is 15.8 Å². The molecular weight excluding hydrogens is 488 g/mol. The van der Waals surface area contributed by atoms with Crippen molar-refractivity contribution >= 4 is 15.9 Å². The van der Waals surface area contributed by atoms with E-state index in [4.69, 9.17) is 10.5 Å². The van der Waals surface area contributed by atoms with Gasteiger partial charge in [-0.05, 0) is 38.1 Å². The van der Waals surface area contributed by atoms with Crippen LogP contribution in [0.25, 0.3) is 17.1 Å². The van der Waals surface area contributed by atoms with Gasteiger partial charge in [0.15, 0.2) is 5.82 Å². The topological polar surface area (TPSA) is 173 Å². The fourth-order valence-electron chi connectivity index (χ4n) is 3.92. The van der Waals surface area contributed by atoms with Crippen LogP contribution in [-0.2, 0) is 14.8 Å². The molecule has 5 N–H and O–H groups in total. The lowest BCUT2D eigenvalue weighted by molar-refractivity contribution is 0.0376. The molecule has 1 saturated heterocycles. The van der Waals surface area contributed by atoms with Crippen molar-refractivity contribution in [1.29, 1.82) is 0 Å². The average Bonchev–Trinajstić information content (AvgIpc) is 3.28. The van der Waals surface area contributed by atoms with Crippen molar-refractivity contribution in [2.24, 2.45) is 5.73 Å². The van der Waals surface area contributed by atoms with Crippen LogP contribution in [0, 0.1) is 6.92 Å². The van der Waals surface area contributed by atoms with Gasteiger partial charge in [-0.15, -0.1) is 10.2 Å². The Morgan fingerprint density at radius 2 is 1.81 bits per heavy atom. The highest BCUT2D eigenvalue weighted by atomic mass is 32.2. The summed E-state index contributed by atoms with van der Waals surface area (Å²) in [5.74, 6) is -2.16. The van der Waals surface area contributed by atoms with E-state index in [9.17, 15) is 23.4 Å². The molecule has 0 unspecified atom stereocenters. The first kappa shape index (κ1) is 25.6. The minimum atomic E-state index is -4.14. The number of benzene rings is 2. The number of ether oxygens (including phenoxy) is 1. The number of aromatic hydroxyl groups is 2. The van der Waals surface area contributed by atoms with Crippen molar-refractivity contribution in [3.05, 3.63) is 47.8 Å². The third kappa shape index (κ3) is 5.49. The van der Waals surface area contributed by atoms with Crippen LogP contribution >= 0.6 is 0 Å². The van der Waals surface area contributed by atoms with E-state index in [0.29, 0.717) is 31.9 Å². The van der Waals surface area contributed by atoms with E-state index in [-0.39, 0.29) is 23.8 Å². The lowest BCUT2D eigenvalue weighted by Crippen LogP contribution is -2.38. The number of sulfonamides is 1. The first-order valence-electron chi connectivity index (χ1n) is 11.4. The maximum atomic E-state index is 13.0. The number of hydrogen-bond donors (Lipinski definition) is 4. The molecule has 0 radical (unpaired) electrons. The minimum Gasteiger partial charge on any atom is -0.507 e. The van der Waals surface area contributed by atoms with Gasteiger partial charge in [0, 0.05) is 31.4 Å². The van der Waals surface area contributed by atoms with Gasteiger partial charge >= 0.3 is 0 Å². The molecule has 13 heteroatoms. The Labute approximate surface area is 208 Å². The van der Waals surface area contributed by atoms with Crippen molar-refractivity contribution in [3.63, 3.8) is 0 Å². The number of phenolic OH excluding ortho intramolecular Hbond substituents is 2. The molecule has 1 aliphatic heterocycles. The average molecular weight is 517 g/mol. The second kappa shape index (κ2) is 10.6. The number of rotatable bonds is 9. The molecular formula is C23H28N6O6S. The van der Waals surface area contributed by atoms with Gasteiger partial charge in [0.25, 0.3) is 5.91 Å². The van der Waals surface area contributed by atoms with Gasteiger partial charge in [-0.1, -0.05) is 17.7 Å². The van der Waals surface area contributed by atoms with E-state index in [1.54, 1.807) is 24.3 Å². The smallest absolute Gasteiger partial charge is 0.287 e. The van der Waals surface area contributed by atoms with Crippen molar-refractivity contribution in [3.8, 4) is 28.6 Å². The third-order valence-electron chi connectivity index (χ3n) is 5.83. The third-order valence-corrected chi connectivity index (χ3v) is 7.32. The van der Waals surface area contributed by atoms with Crippen molar-refractivity contribution in [2.75, 3.05) is 39.4 Å². The number of carbonyl (C=O) groups is 1. The summed E-state index contributed by atoms with van der Waals surface area (Å²) in [5.41, 5.74) is 6.87. The predicted octanol–water partition coefficient (Wildman–Crippen LogP) is 0.753.